The number of para-hydroxylation sites is 1. The van der Waals surface area contributed by atoms with E-state index in [-0.39, 0.29) is 5.41 Å². The summed E-state index contributed by atoms with van der Waals surface area (Å²) in [6.07, 6.45) is 9.00. The topological polar surface area (TPSA) is 3.24 Å². The Hall–Kier alpha value is -6.96. The molecular formula is C56H41N. The van der Waals surface area contributed by atoms with Gasteiger partial charge < -0.3 is 4.90 Å². The first-order chi connectivity index (χ1) is 28.3. The van der Waals surface area contributed by atoms with Crippen molar-refractivity contribution in [1.82, 2.24) is 0 Å². The molecule has 0 saturated heterocycles. The Kier molecular flexibility index (Phi) is 7.82. The van der Waals surface area contributed by atoms with Crippen LogP contribution in [0.1, 0.15) is 51.8 Å². The minimum atomic E-state index is -0.433. The van der Waals surface area contributed by atoms with Crippen LogP contribution in [0.15, 0.2) is 230 Å². The van der Waals surface area contributed by atoms with Crippen LogP contribution in [0, 0.1) is 0 Å². The van der Waals surface area contributed by atoms with Crippen molar-refractivity contribution in [2.75, 3.05) is 4.90 Å². The molecule has 0 amide bonds. The maximum Gasteiger partial charge on any atom is 0.0713 e. The van der Waals surface area contributed by atoms with E-state index < -0.39 is 5.41 Å². The van der Waals surface area contributed by atoms with Crippen molar-refractivity contribution in [3.05, 3.63) is 269 Å². The number of nitrogens with zero attached hydrogens (tertiary/aromatic N) is 1. The maximum absolute atomic E-state index is 2.39. The molecule has 0 aliphatic heterocycles. The standard InChI is InChI=1S/C56H41N/c1-4-18-40(19-5-1)55(51-28-14-10-24-47(51)48-25-11-15-29-52(48)55)42-32-36-45(37-33-42)57(44-22-8-3-9-23-44)46-38-34-43(35-39-46)56(41-20-6-2-7-21-41)53-30-16-12-26-49(53)50-27-13-17-31-54(50)56/h1-6,8-20,22-39H,7,21H2. The highest BCUT2D eigenvalue weighted by molar-refractivity contribution is 5.88. The van der Waals surface area contributed by atoms with Gasteiger partial charge in [-0.15, -0.1) is 0 Å². The molecule has 0 saturated carbocycles. The lowest BCUT2D eigenvalue weighted by Crippen LogP contribution is -2.30. The minimum absolute atomic E-state index is 0.352. The first-order valence-corrected chi connectivity index (χ1v) is 20.2. The molecule has 0 bridgehead atoms. The lowest BCUT2D eigenvalue weighted by atomic mass is 9.65. The molecule has 8 aromatic carbocycles. The first-order valence-electron chi connectivity index (χ1n) is 20.2. The molecule has 0 radical (unpaired) electrons. The molecule has 0 unspecified atom stereocenters. The van der Waals surface area contributed by atoms with Gasteiger partial charge in [-0.1, -0.05) is 194 Å². The summed E-state index contributed by atoms with van der Waals surface area (Å²) < 4.78 is 0. The molecule has 57 heavy (non-hydrogen) atoms. The third kappa shape index (κ3) is 4.89. The van der Waals surface area contributed by atoms with E-state index in [1.807, 2.05) is 0 Å². The SMILES string of the molecule is C1=CCCC(C2(c3ccc(N(c4ccccc4)c4ccc(C5(c6ccccc6)c6ccccc6-c6ccccc65)cc4)cc3)c3ccccc3-c3ccccc32)=C1. The molecule has 0 N–H and O–H groups in total. The van der Waals surface area contributed by atoms with Gasteiger partial charge in [-0.3, -0.25) is 0 Å². The second kappa shape index (κ2) is 13.4. The molecule has 1 heteroatoms. The second-order valence-electron chi connectivity index (χ2n) is 15.5. The van der Waals surface area contributed by atoms with Crippen molar-refractivity contribution in [1.29, 1.82) is 0 Å². The van der Waals surface area contributed by atoms with Gasteiger partial charge in [0.15, 0.2) is 0 Å². The van der Waals surface area contributed by atoms with Gasteiger partial charge in [0.2, 0.25) is 0 Å². The number of allylic oxidation sites excluding steroid dienone is 4. The van der Waals surface area contributed by atoms with Crippen molar-refractivity contribution in [2.45, 2.75) is 23.7 Å². The lowest BCUT2D eigenvalue weighted by molar-refractivity contribution is 0.693. The number of rotatable bonds is 7. The maximum atomic E-state index is 2.39. The Bertz CT molecular complexity index is 2740. The molecule has 3 aliphatic carbocycles. The summed E-state index contributed by atoms with van der Waals surface area (Å²) in [6.45, 7) is 0. The van der Waals surface area contributed by atoms with Crippen LogP contribution < -0.4 is 4.90 Å². The summed E-state index contributed by atoms with van der Waals surface area (Å²) in [5.41, 5.74) is 18.5. The van der Waals surface area contributed by atoms with Crippen molar-refractivity contribution >= 4 is 17.1 Å². The van der Waals surface area contributed by atoms with Gasteiger partial charge in [0.25, 0.3) is 0 Å². The minimum Gasteiger partial charge on any atom is -0.311 e. The highest BCUT2D eigenvalue weighted by atomic mass is 15.1. The predicted octanol–water partition coefficient (Wildman–Crippen LogP) is 14.1. The normalized spacial score (nSPS) is 15.2. The molecule has 0 atom stereocenters. The highest BCUT2D eigenvalue weighted by Gasteiger charge is 2.48. The number of benzene rings is 8. The van der Waals surface area contributed by atoms with Crippen LogP contribution in [-0.4, -0.2) is 0 Å². The van der Waals surface area contributed by atoms with E-state index in [0.717, 1.165) is 29.9 Å². The van der Waals surface area contributed by atoms with E-state index in [2.05, 4.69) is 229 Å². The summed E-state index contributed by atoms with van der Waals surface area (Å²) >= 11 is 0. The molecule has 0 aromatic heterocycles. The number of hydrogen-bond donors (Lipinski definition) is 0. The molecule has 0 spiro atoms. The predicted molar refractivity (Wildman–Crippen MR) is 237 cm³/mol. The van der Waals surface area contributed by atoms with Gasteiger partial charge in [-0.05, 0) is 110 Å². The van der Waals surface area contributed by atoms with Crippen LogP contribution in [0.3, 0.4) is 0 Å². The van der Waals surface area contributed by atoms with Gasteiger partial charge >= 0.3 is 0 Å². The van der Waals surface area contributed by atoms with Gasteiger partial charge in [-0.2, -0.15) is 0 Å². The Morgan fingerprint density at radius 2 is 0.702 bits per heavy atom. The van der Waals surface area contributed by atoms with E-state index in [0.29, 0.717) is 0 Å². The number of fused-ring (bicyclic) bond motifs is 6. The molecule has 3 aliphatic rings. The summed E-state index contributed by atoms with van der Waals surface area (Å²) in [4.78, 5) is 2.39. The summed E-state index contributed by atoms with van der Waals surface area (Å²) in [7, 11) is 0. The Morgan fingerprint density at radius 1 is 0.333 bits per heavy atom. The Labute approximate surface area is 335 Å². The van der Waals surface area contributed by atoms with Gasteiger partial charge in [0.1, 0.15) is 0 Å². The first kappa shape index (κ1) is 33.4. The molecule has 1 nitrogen and oxygen atoms in total. The fourth-order valence-corrected chi connectivity index (χ4v) is 10.4. The highest BCUT2D eigenvalue weighted by Crippen LogP contribution is 2.58. The molecule has 270 valence electrons. The molecule has 0 heterocycles. The monoisotopic (exact) mass is 727 g/mol. The third-order valence-electron chi connectivity index (χ3n) is 12.7. The summed E-state index contributed by atoms with van der Waals surface area (Å²) in [5, 5.41) is 0. The molecule has 0 fully saturated rings. The fourth-order valence-electron chi connectivity index (χ4n) is 10.4. The smallest absolute Gasteiger partial charge is 0.0713 e. The van der Waals surface area contributed by atoms with Gasteiger partial charge in [0, 0.05) is 17.1 Å². The largest absolute Gasteiger partial charge is 0.311 e. The third-order valence-corrected chi connectivity index (χ3v) is 12.7. The van der Waals surface area contributed by atoms with E-state index in [9.17, 15) is 0 Å². The van der Waals surface area contributed by atoms with Crippen LogP contribution in [0.25, 0.3) is 22.3 Å². The second-order valence-corrected chi connectivity index (χ2v) is 15.5. The van der Waals surface area contributed by atoms with Crippen molar-refractivity contribution < 1.29 is 0 Å². The van der Waals surface area contributed by atoms with Crippen molar-refractivity contribution in [3.8, 4) is 22.3 Å². The van der Waals surface area contributed by atoms with E-state index >= 15 is 0 Å². The zero-order chi connectivity index (χ0) is 37.8. The Morgan fingerprint density at radius 3 is 1.16 bits per heavy atom. The van der Waals surface area contributed by atoms with Crippen LogP contribution >= 0.6 is 0 Å². The van der Waals surface area contributed by atoms with Gasteiger partial charge in [0.05, 0.1) is 10.8 Å². The quantitative estimate of drug-likeness (QED) is 0.158. The van der Waals surface area contributed by atoms with Crippen molar-refractivity contribution in [3.63, 3.8) is 0 Å². The van der Waals surface area contributed by atoms with E-state index in [1.165, 1.54) is 66.8 Å². The van der Waals surface area contributed by atoms with Gasteiger partial charge in [-0.25, -0.2) is 0 Å². The van der Waals surface area contributed by atoms with Crippen molar-refractivity contribution in [2.24, 2.45) is 0 Å². The molecule has 8 aromatic rings. The lowest BCUT2D eigenvalue weighted by Gasteiger charge is -2.37. The Balaban J connectivity index is 1.06. The fraction of sp³-hybridized carbons (Fsp3) is 0.0714. The average Bonchev–Trinajstić information content (AvgIpc) is 3.77. The van der Waals surface area contributed by atoms with Crippen LogP contribution in [0.4, 0.5) is 17.1 Å². The number of anilines is 3. The molecule has 11 rings (SSSR count). The van der Waals surface area contributed by atoms with Crippen LogP contribution in [0.5, 0.6) is 0 Å². The summed E-state index contributed by atoms with van der Waals surface area (Å²) in [5.74, 6) is 0. The van der Waals surface area contributed by atoms with Crippen LogP contribution in [0.2, 0.25) is 0 Å². The number of hydrogen-bond acceptors (Lipinski definition) is 1. The van der Waals surface area contributed by atoms with E-state index in [1.54, 1.807) is 0 Å². The average molecular weight is 728 g/mol. The summed E-state index contributed by atoms with van der Waals surface area (Å²) in [6, 6.07) is 76.6. The molecular weight excluding hydrogens is 687 g/mol. The van der Waals surface area contributed by atoms with Crippen LogP contribution in [-0.2, 0) is 10.8 Å². The zero-order valence-corrected chi connectivity index (χ0v) is 31.7. The zero-order valence-electron chi connectivity index (χ0n) is 31.7. The van der Waals surface area contributed by atoms with E-state index in [4.69, 9.17) is 0 Å².